The lowest BCUT2D eigenvalue weighted by Crippen LogP contribution is -2.38. The predicted molar refractivity (Wildman–Crippen MR) is 78.1 cm³/mol. The fourth-order valence-electron chi connectivity index (χ4n) is 1.94. The van der Waals surface area contributed by atoms with E-state index in [0.29, 0.717) is 36.1 Å². The summed E-state index contributed by atoms with van der Waals surface area (Å²) >= 11 is 0. The van der Waals surface area contributed by atoms with Crippen molar-refractivity contribution in [2.75, 3.05) is 36.9 Å². The van der Waals surface area contributed by atoms with Crippen molar-refractivity contribution in [1.29, 1.82) is 5.41 Å². The zero-order valence-corrected chi connectivity index (χ0v) is 12.2. The normalized spacial score (nSPS) is 14.6. The summed E-state index contributed by atoms with van der Waals surface area (Å²) in [6.45, 7) is 10.4. The molecule has 3 N–H and O–H groups in total. The molecule has 1 aliphatic rings. The zero-order valence-electron chi connectivity index (χ0n) is 12.2. The average Bonchev–Trinajstić information content (AvgIpc) is 2.40. The Bertz CT molecular complexity index is 441. The van der Waals surface area contributed by atoms with Crippen LogP contribution < -0.4 is 10.6 Å². The highest BCUT2D eigenvalue weighted by Gasteiger charge is 2.20. The number of hydrogen-bond donors (Lipinski definition) is 2. The van der Waals surface area contributed by atoms with Crippen LogP contribution >= 0.6 is 0 Å². The molecule has 0 radical (unpaired) electrons. The van der Waals surface area contributed by atoms with Crippen molar-refractivity contribution < 1.29 is 4.74 Å². The number of aryl methyl sites for hydroxylation is 1. The van der Waals surface area contributed by atoms with Gasteiger partial charge in [0.1, 0.15) is 17.5 Å². The van der Waals surface area contributed by atoms with Crippen molar-refractivity contribution in [3.63, 3.8) is 0 Å². The quantitative estimate of drug-likeness (QED) is 0.793. The number of rotatable bonds is 2. The first-order valence-electron chi connectivity index (χ1n) is 6.62. The number of aromatic nitrogens is 2. The second kappa shape index (κ2) is 7.04. The van der Waals surface area contributed by atoms with Gasteiger partial charge in [0.2, 0.25) is 0 Å². The van der Waals surface area contributed by atoms with E-state index in [9.17, 15) is 0 Å². The fourth-order valence-corrected chi connectivity index (χ4v) is 1.94. The molecule has 0 aromatic carbocycles. The maximum atomic E-state index is 7.79. The van der Waals surface area contributed by atoms with Gasteiger partial charge < -0.3 is 20.8 Å². The van der Waals surface area contributed by atoms with Crippen molar-refractivity contribution in [1.82, 2.24) is 9.97 Å². The lowest BCUT2D eigenvalue weighted by atomic mass is 10.1. The first-order valence-corrected chi connectivity index (χ1v) is 6.62. The molecule has 106 valence electrons. The highest BCUT2D eigenvalue weighted by molar-refractivity contribution is 6.04. The van der Waals surface area contributed by atoms with E-state index in [1.807, 2.05) is 20.8 Å². The smallest absolute Gasteiger partial charge is 0.143 e. The molecule has 6 nitrogen and oxygen atoms in total. The summed E-state index contributed by atoms with van der Waals surface area (Å²) in [6.07, 6.45) is 0. The molecule has 2 heterocycles. The first-order chi connectivity index (χ1) is 9.09. The minimum Gasteiger partial charge on any atom is -0.383 e. The van der Waals surface area contributed by atoms with Crippen LogP contribution in [0.1, 0.15) is 32.2 Å². The van der Waals surface area contributed by atoms with Crippen LogP contribution in [0.25, 0.3) is 0 Å². The number of nitrogens with zero attached hydrogens (tertiary/aromatic N) is 3. The third kappa shape index (κ3) is 3.64. The van der Waals surface area contributed by atoms with Crippen LogP contribution in [-0.2, 0) is 4.74 Å². The Balaban J connectivity index is 0.000000861. The van der Waals surface area contributed by atoms with E-state index in [2.05, 4.69) is 14.9 Å². The Kier molecular flexibility index (Phi) is 5.69. The molecule has 0 bridgehead atoms. The molecule has 1 aromatic rings. The van der Waals surface area contributed by atoms with E-state index in [-0.39, 0.29) is 0 Å². The number of morpholine rings is 1. The van der Waals surface area contributed by atoms with E-state index < -0.39 is 0 Å². The standard InChI is InChI=1S/C11H17N5O.C2H6/c1-7(12)9-10(13)14-8(2)15-11(9)16-3-5-17-6-4-16;1-2/h12H,3-6H2,1-2H3,(H2,13,14,15);1-2H3. The number of anilines is 2. The van der Waals surface area contributed by atoms with Crippen LogP contribution in [0.4, 0.5) is 11.6 Å². The van der Waals surface area contributed by atoms with Gasteiger partial charge in [-0.15, -0.1) is 0 Å². The monoisotopic (exact) mass is 265 g/mol. The Labute approximate surface area is 114 Å². The van der Waals surface area contributed by atoms with E-state index in [0.717, 1.165) is 18.9 Å². The van der Waals surface area contributed by atoms with Crippen LogP contribution in [-0.4, -0.2) is 42.0 Å². The molecule has 0 saturated carbocycles. The Hall–Kier alpha value is -1.69. The van der Waals surface area contributed by atoms with Gasteiger partial charge in [0.25, 0.3) is 0 Å². The lowest BCUT2D eigenvalue weighted by Gasteiger charge is -2.29. The third-order valence-corrected chi connectivity index (χ3v) is 2.72. The minimum atomic E-state index is 0.381. The number of nitrogen functional groups attached to an aromatic ring is 1. The summed E-state index contributed by atoms with van der Waals surface area (Å²) in [4.78, 5) is 10.6. The van der Waals surface area contributed by atoms with Crippen molar-refractivity contribution in [2.24, 2.45) is 0 Å². The number of nitrogens with two attached hydrogens (primary N) is 1. The predicted octanol–water partition coefficient (Wildman–Crippen LogP) is 1.62. The van der Waals surface area contributed by atoms with E-state index >= 15 is 0 Å². The van der Waals surface area contributed by atoms with Gasteiger partial charge in [0.15, 0.2) is 0 Å². The van der Waals surface area contributed by atoms with Gasteiger partial charge in [0, 0.05) is 18.8 Å². The molecule has 2 rings (SSSR count). The maximum Gasteiger partial charge on any atom is 0.143 e. The van der Waals surface area contributed by atoms with Gasteiger partial charge in [-0.3, -0.25) is 0 Å². The van der Waals surface area contributed by atoms with Gasteiger partial charge in [-0.1, -0.05) is 13.8 Å². The number of ether oxygens (including phenoxy) is 1. The van der Waals surface area contributed by atoms with Gasteiger partial charge in [0.05, 0.1) is 18.8 Å². The SMILES string of the molecule is CC.CC(=N)c1c(N)nc(C)nc1N1CCOCC1. The Morgan fingerprint density at radius 2 is 1.84 bits per heavy atom. The molecule has 1 aliphatic heterocycles. The molecular formula is C13H23N5O. The summed E-state index contributed by atoms with van der Waals surface area (Å²) in [5.74, 6) is 1.77. The summed E-state index contributed by atoms with van der Waals surface area (Å²) in [6, 6.07) is 0. The molecule has 1 saturated heterocycles. The Morgan fingerprint density at radius 1 is 1.26 bits per heavy atom. The van der Waals surface area contributed by atoms with Crippen molar-refractivity contribution in [2.45, 2.75) is 27.7 Å². The van der Waals surface area contributed by atoms with Gasteiger partial charge >= 0.3 is 0 Å². The molecule has 0 aliphatic carbocycles. The fraction of sp³-hybridized carbons (Fsp3) is 0.615. The second-order valence-corrected chi connectivity index (χ2v) is 4.08. The number of hydrogen-bond acceptors (Lipinski definition) is 6. The molecule has 0 spiro atoms. The van der Waals surface area contributed by atoms with Gasteiger partial charge in [-0.25, -0.2) is 9.97 Å². The van der Waals surface area contributed by atoms with Crippen LogP contribution in [0.2, 0.25) is 0 Å². The van der Waals surface area contributed by atoms with Crippen LogP contribution in [0.15, 0.2) is 0 Å². The van der Waals surface area contributed by atoms with E-state index in [4.69, 9.17) is 15.9 Å². The maximum absolute atomic E-state index is 7.79. The summed E-state index contributed by atoms with van der Waals surface area (Å²) in [7, 11) is 0. The highest BCUT2D eigenvalue weighted by atomic mass is 16.5. The van der Waals surface area contributed by atoms with Crippen LogP contribution in [0.3, 0.4) is 0 Å². The third-order valence-electron chi connectivity index (χ3n) is 2.72. The van der Waals surface area contributed by atoms with E-state index in [1.165, 1.54) is 0 Å². The van der Waals surface area contributed by atoms with Gasteiger partial charge in [-0.05, 0) is 13.8 Å². The summed E-state index contributed by atoms with van der Waals surface area (Å²) in [5, 5.41) is 7.79. The van der Waals surface area contributed by atoms with Crippen molar-refractivity contribution in [3.8, 4) is 0 Å². The summed E-state index contributed by atoms with van der Waals surface area (Å²) in [5.41, 5.74) is 6.91. The molecule has 0 amide bonds. The number of nitrogens with one attached hydrogen (secondary N) is 1. The largest absolute Gasteiger partial charge is 0.383 e. The molecule has 19 heavy (non-hydrogen) atoms. The van der Waals surface area contributed by atoms with Crippen LogP contribution in [0.5, 0.6) is 0 Å². The minimum absolute atomic E-state index is 0.381. The molecule has 6 heteroatoms. The van der Waals surface area contributed by atoms with Crippen molar-refractivity contribution in [3.05, 3.63) is 11.4 Å². The Morgan fingerprint density at radius 3 is 2.37 bits per heavy atom. The van der Waals surface area contributed by atoms with Crippen molar-refractivity contribution >= 4 is 17.3 Å². The topological polar surface area (TPSA) is 88.1 Å². The first kappa shape index (κ1) is 15.4. The molecule has 0 atom stereocenters. The zero-order chi connectivity index (χ0) is 14.4. The van der Waals surface area contributed by atoms with E-state index in [1.54, 1.807) is 6.92 Å². The molecule has 0 unspecified atom stereocenters. The molecule has 1 fully saturated rings. The van der Waals surface area contributed by atoms with Crippen LogP contribution in [0, 0.1) is 12.3 Å². The lowest BCUT2D eigenvalue weighted by molar-refractivity contribution is 0.122. The average molecular weight is 265 g/mol. The second-order valence-electron chi connectivity index (χ2n) is 4.08. The molecular weight excluding hydrogens is 242 g/mol. The van der Waals surface area contributed by atoms with Gasteiger partial charge in [-0.2, -0.15) is 0 Å². The highest BCUT2D eigenvalue weighted by Crippen LogP contribution is 2.23. The molecule has 1 aromatic heterocycles. The summed E-state index contributed by atoms with van der Waals surface area (Å²) < 4.78 is 5.31.